The molecule has 40 heavy (non-hydrogen) atoms. The van der Waals surface area contributed by atoms with Gasteiger partial charge in [-0.15, -0.1) is 0 Å². The second-order valence-corrected chi connectivity index (χ2v) is 10.5. The lowest BCUT2D eigenvalue weighted by Gasteiger charge is -2.19. The molecule has 0 atom stereocenters. The average molecular weight is 507 g/mol. The standard InChI is InChI=1S/C40H26/c1-2-11-27(12-3-1)28-21-23-30(24-22-28)39-35-15-6-8-17-37(35)40(38-18-9-7-16-36(38)39)34-20-10-19-32-31-14-5-4-13-29(31)25-26-33(32)34/h1-26H. The van der Waals surface area contributed by atoms with Crippen LogP contribution in [0.5, 0.6) is 0 Å². The molecule has 0 aliphatic carbocycles. The first kappa shape index (κ1) is 22.8. The van der Waals surface area contributed by atoms with E-state index < -0.39 is 0 Å². The van der Waals surface area contributed by atoms with E-state index in [1.165, 1.54) is 76.5 Å². The Morgan fingerprint density at radius 3 is 1.40 bits per heavy atom. The van der Waals surface area contributed by atoms with Crippen molar-refractivity contribution in [2.75, 3.05) is 0 Å². The SMILES string of the molecule is c1ccc(-c2ccc(-c3c4ccccc4c(-c4cccc5c4ccc4ccccc45)c4ccccc34)cc2)cc1. The van der Waals surface area contributed by atoms with Gasteiger partial charge in [0, 0.05) is 0 Å². The molecule has 0 aliphatic rings. The monoisotopic (exact) mass is 506 g/mol. The maximum atomic E-state index is 2.30. The zero-order chi connectivity index (χ0) is 26.5. The van der Waals surface area contributed by atoms with Crippen molar-refractivity contribution in [2.24, 2.45) is 0 Å². The third-order valence-electron chi connectivity index (χ3n) is 8.27. The van der Waals surface area contributed by atoms with E-state index in [0.29, 0.717) is 0 Å². The van der Waals surface area contributed by atoms with Crippen molar-refractivity contribution >= 4 is 43.1 Å². The van der Waals surface area contributed by atoms with E-state index in [1.54, 1.807) is 0 Å². The molecule has 0 fully saturated rings. The van der Waals surface area contributed by atoms with Crippen molar-refractivity contribution in [3.05, 3.63) is 158 Å². The Morgan fingerprint density at radius 1 is 0.225 bits per heavy atom. The normalized spacial score (nSPS) is 11.5. The molecule has 0 unspecified atom stereocenters. The molecule has 0 bridgehead atoms. The molecule has 0 heteroatoms. The van der Waals surface area contributed by atoms with E-state index in [1.807, 2.05) is 0 Å². The molecule has 0 aromatic heterocycles. The topological polar surface area (TPSA) is 0 Å². The predicted molar refractivity (Wildman–Crippen MR) is 173 cm³/mol. The molecule has 0 saturated heterocycles. The van der Waals surface area contributed by atoms with Crippen LogP contribution >= 0.6 is 0 Å². The van der Waals surface area contributed by atoms with Crippen molar-refractivity contribution in [3.8, 4) is 33.4 Å². The van der Waals surface area contributed by atoms with Crippen molar-refractivity contribution < 1.29 is 0 Å². The minimum atomic E-state index is 1.23. The minimum Gasteiger partial charge on any atom is -0.0622 e. The van der Waals surface area contributed by atoms with E-state index in [2.05, 4.69) is 158 Å². The fraction of sp³-hybridized carbons (Fsp3) is 0. The van der Waals surface area contributed by atoms with Crippen LogP contribution in [0.1, 0.15) is 0 Å². The van der Waals surface area contributed by atoms with Gasteiger partial charge >= 0.3 is 0 Å². The van der Waals surface area contributed by atoms with Gasteiger partial charge < -0.3 is 0 Å². The van der Waals surface area contributed by atoms with Crippen LogP contribution in [0.2, 0.25) is 0 Å². The lowest BCUT2D eigenvalue weighted by molar-refractivity contribution is 1.61. The van der Waals surface area contributed by atoms with Crippen LogP contribution in [0, 0.1) is 0 Å². The predicted octanol–water partition coefficient (Wildman–Crippen LogP) is 11.3. The van der Waals surface area contributed by atoms with Crippen LogP contribution in [0.3, 0.4) is 0 Å². The summed E-state index contributed by atoms with van der Waals surface area (Å²) in [5, 5.41) is 10.3. The van der Waals surface area contributed by atoms with Gasteiger partial charge in [-0.05, 0) is 76.5 Å². The molecule has 0 amide bonds. The van der Waals surface area contributed by atoms with E-state index in [4.69, 9.17) is 0 Å². The van der Waals surface area contributed by atoms with E-state index in [9.17, 15) is 0 Å². The van der Waals surface area contributed by atoms with E-state index in [-0.39, 0.29) is 0 Å². The summed E-state index contributed by atoms with van der Waals surface area (Å²) >= 11 is 0. The maximum absolute atomic E-state index is 2.30. The van der Waals surface area contributed by atoms with Gasteiger partial charge in [0.05, 0.1) is 0 Å². The van der Waals surface area contributed by atoms with Crippen molar-refractivity contribution in [2.45, 2.75) is 0 Å². The van der Waals surface area contributed by atoms with Gasteiger partial charge in [0.15, 0.2) is 0 Å². The van der Waals surface area contributed by atoms with Crippen LogP contribution in [0.25, 0.3) is 76.5 Å². The highest BCUT2D eigenvalue weighted by Crippen LogP contribution is 2.45. The highest BCUT2D eigenvalue weighted by molar-refractivity contribution is 6.24. The molecule has 8 aromatic rings. The Balaban J connectivity index is 1.43. The van der Waals surface area contributed by atoms with E-state index >= 15 is 0 Å². The van der Waals surface area contributed by atoms with Gasteiger partial charge in [-0.1, -0.05) is 158 Å². The summed E-state index contributed by atoms with van der Waals surface area (Å²) in [6.45, 7) is 0. The number of fused-ring (bicyclic) bond motifs is 5. The summed E-state index contributed by atoms with van der Waals surface area (Å²) < 4.78 is 0. The summed E-state index contributed by atoms with van der Waals surface area (Å²) in [4.78, 5) is 0. The highest BCUT2D eigenvalue weighted by atomic mass is 14.2. The Hall–Kier alpha value is -5.20. The Morgan fingerprint density at radius 2 is 0.725 bits per heavy atom. The second-order valence-electron chi connectivity index (χ2n) is 10.5. The molecule has 0 nitrogen and oxygen atoms in total. The molecule has 0 saturated carbocycles. The van der Waals surface area contributed by atoms with Crippen LogP contribution < -0.4 is 0 Å². The van der Waals surface area contributed by atoms with Crippen LogP contribution in [-0.4, -0.2) is 0 Å². The van der Waals surface area contributed by atoms with Gasteiger partial charge in [-0.25, -0.2) is 0 Å². The smallest absolute Gasteiger partial charge is 0.00201 e. The zero-order valence-corrected chi connectivity index (χ0v) is 22.0. The van der Waals surface area contributed by atoms with Crippen molar-refractivity contribution in [1.29, 1.82) is 0 Å². The number of benzene rings is 8. The number of hydrogen-bond donors (Lipinski definition) is 0. The van der Waals surface area contributed by atoms with Crippen molar-refractivity contribution in [1.82, 2.24) is 0 Å². The van der Waals surface area contributed by atoms with E-state index in [0.717, 1.165) is 0 Å². The van der Waals surface area contributed by atoms with Gasteiger partial charge in [0.1, 0.15) is 0 Å². The third kappa shape index (κ3) is 3.54. The molecule has 8 aromatic carbocycles. The quantitative estimate of drug-likeness (QED) is 0.165. The van der Waals surface area contributed by atoms with Crippen LogP contribution in [0.15, 0.2) is 158 Å². The molecule has 186 valence electrons. The Kier molecular flexibility index (Phi) is 5.24. The molecule has 0 N–H and O–H groups in total. The lowest BCUT2D eigenvalue weighted by Crippen LogP contribution is -1.92. The molecule has 0 spiro atoms. The largest absolute Gasteiger partial charge is 0.0622 e. The number of rotatable bonds is 3. The molecule has 0 heterocycles. The van der Waals surface area contributed by atoms with Gasteiger partial charge in [-0.2, -0.15) is 0 Å². The van der Waals surface area contributed by atoms with Crippen LogP contribution in [0.4, 0.5) is 0 Å². The molecular formula is C40H26. The fourth-order valence-corrected chi connectivity index (χ4v) is 6.45. The Labute approximate surface area is 233 Å². The third-order valence-corrected chi connectivity index (χ3v) is 8.27. The molecule has 0 radical (unpaired) electrons. The minimum absolute atomic E-state index is 1.23. The first-order valence-corrected chi connectivity index (χ1v) is 13.9. The lowest BCUT2D eigenvalue weighted by atomic mass is 9.84. The number of hydrogen-bond acceptors (Lipinski definition) is 0. The summed E-state index contributed by atoms with van der Waals surface area (Å²) in [5.41, 5.74) is 7.58. The second kappa shape index (κ2) is 9.22. The molecule has 0 aliphatic heterocycles. The highest BCUT2D eigenvalue weighted by Gasteiger charge is 2.18. The summed E-state index contributed by atoms with van der Waals surface area (Å²) in [5.74, 6) is 0. The zero-order valence-electron chi connectivity index (χ0n) is 22.0. The van der Waals surface area contributed by atoms with Gasteiger partial charge in [0.25, 0.3) is 0 Å². The first-order valence-electron chi connectivity index (χ1n) is 13.9. The summed E-state index contributed by atoms with van der Waals surface area (Å²) in [6.07, 6.45) is 0. The van der Waals surface area contributed by atoms with Gasteiger partial charge in [0.2, 0.25) is 0 Å². The van der Waals surface area contributed by atoms with Gasteiger partial charge in [-0.3, -0.25) is 0 Å². The molecule has 8 rings (SSSR count). The fourth-order valence-electron chi connectivity index (χ4n) is 6.45. The first-order chi connectivity index (χ1) is 19.9. The summed E-state index contributed by atoms with van der Waals surface area (Å²) in [6, 6.07) is 57.5. The summed E-state index contributed by atoms with van der Waals surface area (Å²) in [7, 11) is 0. The van der Waals surface area contributed by atoms with Crippen LogP contribution in [-0.2, 0) is 0 Å². The Bertz CT molecular complexity index is 2130. The average Bonchev–Trinajstić information content (AvgIpc) is 3.04. The maximum Gasteiger partial charge on any atom is -0.00201 e. The van der Waals surface area contributed by atoms with Crippen molar-refractivity contribution in [3.63, 3.8) is 0 Å². The molecular weight excluding hydrogens is 480 g/mol.